The Balaban J connectivity index is 1.99. The molecule has 0 aliphatic rings. The first kappa shape index (κ1) is 16.3. The maximum absolute atomic E-state index is 12.2. The number of hydrogen-bond acceptors (Lipinski definition) is 2. The van der Waals surface area contributed by atoms with Crippen molar-refractivity contribution in [1.29, 1.82) is 0 Å². The molecule has 0 aliphatic carbocycles. The molecule has 0 aliphatic heterocycles. The number of carbonyl (C=O) groups is 1. The van der Waals surface area contributed by atoms with E-state index in [0.717, 1.165) is 21.3 Å². The van der Waals surface area contributed by atoms with Crippen LogP contribution in [-0.2, 0) is 11.3 Å². The largest absolute Gasteiger partial charge is 0.497 e. The first-order chi connectivity index (χ1) is 10.6. The first-order valence-electron chi connectivity index (χ1n) is 6.90. The summed E-state index contributed by atoms with van der Waals surface area (Å²) in [5, 5.41) is 0. The number of amides is 1. The average Bonchev–Trinajstić information content (AvgIpc) is 2.52. The van der Waals surface area contributed by atoms with Gasteiger partial charge in [0.2, 0.25) is 5.91 Å². The maximum atomic E-state index is 12.2. The van der Waals surface area contributed by atoms with E-state index in [4.69, 9.17) is 4.74 Å². The quantitative estimate of drug-likeness (QED) is 0.751. The van der Waals surface area contributed by atoms with Gasteiger partial charge in [0.05, 0.1) is 7.11 Å². The van der Waals surface area contributed by atoms with Crippen molar-refractivity contribution in [2.45, 2.75) is 6.54 Å². The summed E-state index contributed by atoms with van der Waals surface area (Å²) < 4.78 is 6.18. The molecule has 3 nitrogen and oxygen atoms in total. The van der Waals surface area contributed by atoms with Crippen molar-refractivity contribution in [3.8, 4) is 5.75 Å². The fraction of sp³-hybridized carbons (Fsp3) is 0.167. The van der Waals surface area contributed by atoms with Gasteiger partial charge in [-0.3, -0.25) is 4.79 Å². The summed E-state index contributed by atoms with van der Waals surface area (Å²) in [6.45, 7) is 0.541. The van der Waals surface area contributed by atoms with E-state index in [1.807, 2.05) is 54.6 Å². The third kappa shape index (κ3) is 4.74. The van der Waals surface area contributed by atoms with E-state index in [1.165, 1.54) is 0 Å². The Morgan fingerprint density at radius 3 is 2.73 bits per heavy atom. The van der Waals surface area contributed by atoms with Crippen molar-refractivity contribution >= 4 is 27.9 Å². The third-order valence-corrected chi connectivity index (χ3v) is 3.69. The van der Waals surface area contributed by atoms with Gasteiger partial charge in [-0.2, -0.15) is 0 Å². The monoisotopic (exact) mass is 359 g/mol. The number of ether oxygens (including phenoxy) is 1. The Hall–Kier alpha value is -2.07. The normalized spacial score (nSPS) is 10.7. The summed E-state index contributed by atoms with van der Waals surface area (Å²) in [7, 11) is 3.42. The average molecular weight is 360 g/mol. The lowest BCUT2D eigenvalue weighted by Crippen LogP contribution is -2.24. The van der Waals surface area contributed by atoms with Crippen LogP contribution < -0.4 is 4.74 Å². The number of carbonyl (C=O) groups excluding carboxylic acids is 1. The highest BCUT2D eigenvalue weighted by Crippen LogP contribution is 2.15. The van der Waals surface area contributed by atoms with Crippen LogP contribution in [0.3, 0.4) is 0 Å². The minimum atomic E-state index is -0.0391. The van der Waals surface area contributed by atoms with Crippen LogP contribution in [0.1, 0.15) is 11.1 Å². The van der Waals surface area contributed by atoms with Gasteiger partial charge in [-0.05, 0) is 41.5 Å². The predicted molar refractivity (Wildman–Crippen MR) is 92.6 cm³/mol. The lowest BCUT2D eigenvalue weighted by molar-refractivity contribution is -0.125. The Labute approximate surface area is 139 Å². The second-order valence-corrected chi connectivity index (χ2v) is 5.85. The lowest BCUT2D eigenvalue weighted by Gasteiger charge is -2.15. The van der Waals surface area contributed by atoms with E-state index in [9.17, 15) is 4.79 Å². The number of likely N-dealkylation sites (N-methyl/N-ethyl adjacent to an activating group) is 1. The number of nitrogens with zero attached hydrogens (tertiary/aromatic N) is 1. The molecule has 0 saturated heterocycles. The van der Waals surface area contributed by atoms with Crippen molar-refractivity contribution in [1.82, 2.24) is 4.90 Å². The van der Waals surface area contributed by atoms with E-state index < -0.39 is 0 Å². The highest BCUT2D eigenvalue weighted by molar-refractivity contribution is 9.10. The number of rotatable bonds is 5. The van der Waals surface area contributed by atoms with Crippen LogP contribution in [0.15, 0.2) is 59.1 Å². The van der Waals surface area contributed by atoms with E-state index in [1.54, 1.807) is 25.1 Å². The molecule has 0 radical (unpaired) electrons. The smallest absolute Gasteiger partial charge is 0.246 e. The van der Waals surface area contributed by atoms with Crippen molar-refractivity contribution in [3.05, 3.63) is 70.2 Å². The Morgan fingerprint density at radius 1 is 1.23 bits per heavy atom. The summed E-state index contributed by atoms with van der Waals surface area (Å²) in [6, 6.07) is 15.5. The van der Waals surface area contributed by atoms with Crippen LogP contribution in [0, 0.1) is 0 Å². The molecule has 0 saturated carbocycles. The van der Waals surface area contributed by atoms with Crippen molar-refractivity contribution in [3.63, 3.8) is 0 Å². The van der Waals surface area contributed by atoms with E-state index in [0.29, 0.717) is 6.54 Å². The number of hydrogen-bond donors (Lipinski definition) is 0. The van der Waals surface area contributed by atoms with Crippen LogP contribution >= 0.6 is 15.9 Å². The summed E-state index contributed by atoms with van der Waals surface area (Å²) in [5.41, 5.74) is 2.02. The SMILES string of the molecule is COc1cccc(CN(C)C(=O)/C=C/c2cccc(Br)c2)c1. The summed E-state index contributed by atoms with van der Waals surface area (Å²) in [4.78, 5) is 13.8. The second-order valence-electron chi connectivity index (χ2n) is 4.93. The fourth-order valence-electron chi connectivity index (χ4n) is 2.03. The molecule has 0 bridgehead atoms. The van der Waals surface area contributed by atoms with Crippen LogP contribution in [-0.4, -0.2) is 25.0 Å². The standard InChI is InChI=1S/C18H18BrNO2/c1-20(13-15-6-4-8-17(12-15)22-2)18(21)10-9-14-5-3-7-16(19)11-14/h3-12H,13H2,1-2H3/b10-9+. The zero-order valence-electron chi connectivity index (χ0n) is 12.6. The minimum Gasteiger partial charge on any atom is -0.497 e. The van der Waals surface area contributed by atoms with E-state index in [-0.39, 0.29) is 5.91 Å². The van der Waals surface area contributed by atoms with Crippen molar-refractivity contribution in [2.24, 2.45) is 0 Å². The van der Waals surface area contributed by atoms with Gasteiger partial charge in [-0.15, -0.1) is 0 Å². The first-order valence-corrected chi connectivity index (χ1v) is 7.69. The summed E-state index contributed by atoms with van der Waals surface area (Å²) >= 11 is 3.41. The van der Waals surface area contributed by atoms with Gasteiger partial charge in [0.25, 0.3) is 0 Å². The molecule has 0 unspecified atom stereocenters. The molecule has 2 aromatic carbocycles. The van der Waals surface area contributed by atoms with Gasteiger partial charge < -0.3 is 9.64 Å². The molecule has 1 amide bonds. The topological polar surface area (TPSA) is 29.5 Å². The molecule has 0 heterocycles. The molecule has 2 rings (SSSR count). The van der Waals surface area contributed by atoms with Crippen LogP contribution in [0.25, 0.3) is 6.08 Å². The van der Waals surface area contributed by atoms with Crippen molar-refractivity contribution in [2.75, 3.05) is 14.2 Å². The molecule has 0 atom stereocenters. The van der Waals surface area contributed by atoms with Crippen LogP contribution in [0.5, 0.6) is 5.75 Å². The molecular formula is C18H18BrNO2. The number of methoxy groups -OCH3 is 1. The molecule has 114 valence electrons. The second kappa shape index (κ2) is 7.80. The molecule has 0 aromatic heterocycles. The molecule has 22 heavy (non-hydrogen) atoms. The molecule has 0 spiro atoms. The minimum absolute atomic E-state index is 0.0391. The fourth-order valence-corrected chi connectivity index (χ4v) is 2.44. The zero-order chi connectivity index (χ0) is 15.9. The van der Waals surface area contributed by atoms with Crippen LogP contribution in [0.4, 0.5) is 0 Å². The Kier molecular flexibility index (Phi) is 5.78. The highest BCUT2D eigenvalue weighted by Gasteiger charge is 2.06. The van der Waals surface area contributed by atoms with Gasteiger partial charge >= 0.3 is 0 Å². The van der Waals surface area contributed by atoms with E-state index in [2.05, 4.69) is 15.9 Å². The van der Waals surface area contributed by atoms with Gasteiger partial charge in [0.15, 0.2) is 0 Å². The van der Waals surface area contributed by atoms with Gasteiger partial charge in [0.1, 0.15) is 5.75 Å². The predicted octanol–water partition coefficient (Wildman–Crippen LogP) is 4.13. The summed E-state index contributed by atoms with van der Waals surface area (Å²) in [6.07, 6.45) is 3.40. The molecule has 0 N–H and O–H groups in total. The van der Waals surface area contributed by atoms with Gasteiger partial charge in [-0.1, -0.05) is 40.2 Å². The van der Waals surface area contributed by atoms with Crippen LogP contribution in [0.2, 0.25) is 0 Å². The number of benzene rings is 2. The van der Waals surface area contributed by atoms with E-state index >= 15 is 0 Å². The third-order valence-electron chi connectivity index (χ3n) is 3.20. The zero-order valence-corrected chi connectivity index (χ0v) is 14.2. The maximum Gasteiger partial charge on any atom is 0.246 e. The highest BCUT2D eigenvalue weighted by atomic mass is 79.9. The van der Waals surface area contributed by atoms with Gasteiger partial charge in [-0.25, -0.2) is 0 Å². The molecule has 4 heteroatoms. The molecule has 2 aromatic rings. The lowest BCUT2D eigenvalue weighted by atomic mass is 10.2. The Morgan fingerprint density at radius 2 is 2.00 bits per heavy atom. The molecule has 0 fully saturated rings. The molecular weight excluding hydrogens is 342 g/mol. The van der Waals surface area contributed by atoms with Crippen molar-refractivity contribution < 1.29 is 9.53 Å². The number of halogens is 1. The Bertz CT molecular complexity index is 682. The van der Waals surface area contributed by atoms with Gasteiger partial charge in [0, 0.05) is 24.1 Å². The summed E-state index contributed by atoms with van der Waals surface area (Å²) in [5.74, 6) is 0.755.